The van der Waals surface area contributed by atoms with E-state index in [2.05, 4.69) is 39.0 Å². The molecule has 0 radical (unpaired) electrons. The van der Waals surface area contributed by atoms with E-state index < -0.39 is 0 Å². The summed E-state index contributed by atoms with van der Waals surface area (Å²) in [6.07, 6.45) is 2.24. The van der Waals surface area contributed by atoms with Gasteiger partial charge in [-0.2, -0.15) is 0 Å². The van der Waals surface area contributed by atoms with E-state index >= 15 is 0 Å². The van der Waals surface area contributed by atoms with Crippen molar-refractivity contribution in [2.24, 2.45) is 0 Å². The van der Waals surface area contributed by atoms with E-state index in [1.807, 2.05) is 13.0 Å². The van der Waals surface area contributed by atoms with Gasteiger partial charge in [-0.15, -0.1) is 0 Å². The van der Waals surface area contributed by atoms with Crippen molar-refractivity contribution in [2.75, 3.05) is 0 Å². The highest BCUT2D eigenvalue weighted by atomic mass is 16.5. The smallest absolute Gasteiger partial charge is 0.259 e. The quantitative estimate of drug-likeness (QED) is 0.758. The summed E-state index contributed by atoms with van der Waals surface area (Å²) in [5.74, 6) is 0.338. The molecule has 0 spiro atoms. The van der Waals surface area contributed by atoms with Gasteiger partial charge in [0.25, 0.3) is 11.6 Å². The molecule has 1 aliphatic heterocycles. The monoisotopic (exact) mass is 348 g/mol. The summed E-state index contributed by atoms with van der Waals surface area (Å²) >= 11 is 0. The number of aryl methyl sites for hydroxylation is 1. The molecule has 5 rings (SSSR count). The Kier molecular flexibility index (Phi) is 3.53. The summed E-state index contributed by atoms with van der Waals surface area (Å²) in [4.78, 5) is 17.4. The average Bonchev–Trinajstić information content (AvgIpc) is 3.29. The van der Waals surface area contributed by atoms with Gasteiger partial charge in [-0.05, 0) is 42.5 Å². The predicted molar refractivity (Wildman–Crippen MR) is 96.7 cm³/mol. The summed E-state index contributed by atoms with van der Waals surface area (Å²) in [5, 5.41) is 11.1. The molecular weight excluding hydrogens is 328 g/mol. The lowest BCUT2D eigenvalue weighted by molar-refractivity contribution is 0.0952. The maximum Gasteiger partial charge on any atom is 0.259 e. The fourth-order valence-corrected chi connectivity index (χ4v) is 3.62. The number of fused-ring (bicyclic) bond motifs is 2. The topological polar surface area (TPSA) is 80.0 Å². The molecule has 2 N–H and O–H groups in total. The molecule has 1 fully saturated rings. The maximum absolute atomic E-state index is 12.9. The van der Waals surface area contributed by atoms with Crippen LogP contribution in [0.2, 0.25) is 0 Å². The average molecular weight is 348 g/mol. The van der Waals surface area contributed by atoms with Crippen LogP contribution in [0, 0.1) is 6.92 Å². The van der Waals surface area contributed by atoms with E-state index in [1.54, 1.807) is 0 Å². The summed E-state index contributed by atoms with van der Waals surface area (Å²) < 4.78 is 5.32. The first-order chi connectivity index (χ1) is 12.7. The molecular formula is C20H20N4O2. The Balaban J connectivity index is 1.42. The number of hydrogen-bond donors (Lipinski definition) is 2. The van der Waals surface area contributed by atoms with Crippen LogP contribution in [0.3, 0.4) is 0 Å². The van der Waals surface area contributed by atoms with Crippen molar-refractivity contribution in [3.05, 3.63) is 57.9 Å². The van der Waals surface area contributed by atoms with Crippen LogP contribution in [0.4, 0.5) is 0 Å². The standard InChI is InChI=1S/C20H20N4O2/c1-11-18-16(7-17(13-4-5-13)23-20(18)26-24-11)19(25)22-8-12-2-3-14-9-21-10-15(14)6-12/h2-3,6-7,13,21H,4-5,8-10H2,1H3,(H,22,25). The molecule has 2 aromatic heterocycles. The highest BCUT2D eigenvalue weighted by molar-refractivity contribution is 6.06. The first-order valence-corrected chi connectivity index (χ1v) is 9.05. The molecule has 0 saturated heterocycles. The van der Waals surface area contributed by atoms with Crippen LogP contribution in [0.25, 0.3) is 11.1 Å². The molecule has 6 nitrogen and oxygen atoms in total. The number of nitrogens with zero attached hydrogens (tertiary/aromatic N) is 2. The second kappa shape index (κ2) is 5.92. The molecule has 0 atom stereocenters. The minimum atomic E-state index is -0.107. The lowest BCUT2D eigenvalue weighted by Gasteiger charge is -2.09. The highest BCUT2D eigenvalue weighted by Crippen LogP contribution is 2.40. The normalized spacial score (nSPS) is 16.0. The van der Waals surface area contributed by atoms with Crippen molar-refractivity contribution in [1.29, 1.82) is 0 Å². The molecule has 26 heavy (non-hydrogen) atoms. The van der Waals surface area contributed by atoms with E-state index in [0.717, 1.165) is 37.2 Å². The molecule has 1 amide bonds. The second-order valence-electron chi connectivity index (χ2n) is 7.21. The third-order valence-corrected chi connectivity index (χ3v) is 5.23. The van der Waals surface area contributed by atoms with E-state index in [9.17, 15) is 4.79 Å². The molecule has 1 aromatic carbocycles. The van der Waals surface area contributed by atoms with Crippen molar-refractivity contribution < 1.29 is 9.32 Å². The molecule has 3 heterocycles. The molecule has 6 heteroatoms. The predicted octanol–water partition coefficient (Wildman–Crippen LogP) is 2.94. The Morgan fingerprint density at radius 2 is 2.12 bits per heavy atom. The Labute approximate surface area is 151 Å². The number of aromatic nitrogens is 2. The molecule has 132 valence electrons. The molecule has 0 unspecified atom stereocenters. The molecule has 3 aromatic rings. The number of amides is 1. The van der Waals surface area contributed by atoms with Gasteiger partial charge >= 0.3 is 0 Å². The highest BCUT2D eigenvalue weighted by Gasteiger charge is 2.28. The lowest BCUT2D eigenvalue weighted by Crippen LogP contribution is -2.23. The SMILES string of the molecule is Cc1noc2nc(C3CC3)cc(C(=O)NCc3ccc4c(c3)CNC4)c12. The number of carbonyl (C=O) groups is 1. The summed E-state index contributed by atoms with van der Waals surface area (Å²) in [7, 11) is 0. The third kappa shape index (κ3) is 2.66. The Morgan fingerprint density at radius 3 is 2.96 bits per heavy atom. The Bertz CT molecular complexity index is 1020. The zero-order valence-electron chi connectivity index (χ0n) is 14.6. The first kappa shape index (κ1) is 15.5. The van der Waals surface area contributed by atoms with E-state index in [0.29, 0.717) is 34.8 Å². The number of hydrogen-bond acceptors (Lipinski definition) is 5. The van der Waals surface area contributed by atoms with Gasteiger partial charge in [0.2, 0.25) is 0 Å². The second-order valence-corrected chi connectivity index (χ2v) is 7.21. The Hall–Kier alpha value is -2.73. The van der Waals surface area contributed by atoms with E-state index in [1.165, 1.54) is 11.1 Å². The Morgan fingerprint density at radius 1 is 1.27 bits per heavy atom. The van der Waals surface area contributed by atoms with Gasteiger partial charge in [0.05, 0.1) is 16.6 Å². The van der Waals surface area contributed by atoms with Gasteiger partial charge in [0, 0.05) is 31.2 Å². The van der Waals surface area contributed by atoms with Gasteiger partial charge in [-0.1, -0.05) is 23.4 Å². The zero-order valence-corrected chi connectivity index (χ0v) is 14.6. The fraction of sp³-hybridized carbons (Fsp3) is 0.350. The number of carbonyl (C=O) groups excluding carboxylic acids is 1. The fourth-order valence-electron chi connectivity index (χ4n) is 3.62. The minimum absolute atomic E-state index is 0.107. The molecule has 0 bridgehead atoms. The van der Waals surface area contributed by atoms with Crippen LogP contribution < -0.4 is 10.6 Å². The van der Waals surface area contributed by atoms with Crippen molar-refractivity contribution in [3.8, 4) is 0 Å². The zero-order chi connectivity index (χ0) is 17.7. The molecule has 1 saturated carbocycles. The van der Waals surface area contributed by atoms with Crippen molar-refractivity contribution in [2.45, 2.75) is 45.3 Å². The largest absolute Gasteiger partial charge is 0.348 e. The van der Waals surface area contributed by atoms with Crippen molar-refractivity contribution in [3.63, 3.8) is 0 Å². The van der Waals surface area contributed by atoms with Crippen LogP contribution in [0.1, 0.15) is 57.2 Å². The summed E-state index contributed by atoms with van der Waals surface area (Å²) in [6, 6.07) is 8.29. The van der Waals surface area contributed by atoms with Crippen molar-refractivity contribution in [1.82, 2.24) is 20.8 Å². The van der Waals surface area contributed by atoms with Crippen LogP contribution in [0.5, 0.6) is 0 Å². The van der Waals surface area contributed by atoms with Gasteiger partial charge in [0.1, 0.15) is 0 Å². The minimum Gasteiger partial charge on any atom is -0.348 e. The molecule has 2 aliphatic rings. The van der Waals surface area contributed by atoms with Gasteiger partial charge < -0.3 is 15.2 Å². The van der Waals surface area contributed by atoms with Crippen LogP contribution in [0.15, 0.2) is 28.8 Å². The third-order valence-electron chi connectivity index (χ3n) is 5.23. The van der Waals surface area contributed by atoms with Gasteiger partial charge in [-0.3, -0.25) is 4.79 Å². The van der Waals surface area contributed by atoms with E-state index in [-0.39, 0.29) is 5.91 Å². The molecule has 1 aliphatic carbocycles. The van der Waals surface area contributed by atoms with Crippen LogP contribution in [-0.2, 0) is 19.6 Å². The lowest BCUT2D eigenvalue weighted by atomic mass is 10.1. The maximum atomic E-state index is 12.9. The summed E-state index contributed by atoms with van der Waals surface area (Å²) in [6.45, 7) is 4.16. The van der Waals surface area contributed by atoms with Crippen LogP contribution in [-0.4, -0.2) is 16.0 Å². The number of rotatable bonds is 4. The first-order valence-electron chi connectivity index (χ1n) is 9.05. The van der Waals surface area contributed by atoms with Crippen LogP contribution >= 0.6 is 0 Å². The van der Waals surface area contributed by atoms with Gasteiger partial charge in [-0.25, -0.2) is 4.98 Å². The summed E-state index contributed by atoms with van der Waals surface area (Å²) in [5.41, 5.74) is 6.46. The van der Waals surface area contributed by atoms with Gasteiger partial charge in [0.15, 0.2) is 0 Å². The number of pyridine rings is 1. The number of nitrogens with one attached hydrogen (secondary N) is 2. The van der Waals surface area contributed by atoms with Crippen molar-refractivity contribution >= 4 is 17.0 Å². The van der Waals surface area contributed by atoms with E-state index in [4.69, 9.17) is 4.52 Å². The number of benzene rings is 1.